The number of aryl methyl sites for hydroxylation is 1. The minimum atomic E-state index is 0.657. The molecule has 1 saturated carbocycles. The first kappa shape index (κ1) is 13.6. The Labute approximate surface area is 112 Å². The van der Waals surface area contributed by atoms with Crippen molar-refractivity contribution in [3.05, 3.63) is 35.4 Å². The van der Waals surface area contributed by atoms with Crippen LogP contribution in [0.5, 0.6) is 0 Å². The minimum Gasteiger partial charge on any atom is -0.310 e. The first-order valence-corrected chi connectivity index (χ1v) is 7.54. The second kappa shape index (κ2) is 6.94. The van der Waals surface area contributed by atoms with E-state index in [0.717, 1.165) is 12.5 Å². The van der Waals surface area contributed by atoms with Gasteiger partial charge in [0.05, 0.1) is 0 Å². The molecular formula is C17H27N. The highest BCUT2D eigenvalue weighted by Crippen LogP contribution is 2.25. The van der Waals surface area contributed by atoms with Crippen molar-refractivity contribution >= 4 is 0 Å². The van der Waals surface area contributed by atoms with Crippen LogP contribution in [0.4, 0.5) is 0 Å². The van der Waals surface area contributed by atoms with E-state index in [2.05, 4.69) is 43.4 Å². The molecule has 1 aromatic carbocycles. The number of rotatable bonds is 4. The Kier molecular flexibility index (Phi) is 5.25. The van der Waals surface area contributed by atoms with Crippen LogP contribution in [0, 0.1) is 12.8 Å². The Morgan fingerprint density at radius 3 is 2.28 bits per heavy atom. The van der Waals surface area contributed by atoms with Gasteiger partial charge in [-0.15, -0.1) is 0 Å². The van der Waals surface area contributed by atoms with Crippen LogP contribution in [0.25, 0.3) is 0 Å². The summed E-state index contributed by atoms with van der Waals surface area (Å²) in [5, 5.41) is 3.72. The molecule has 0 heterocycles. The third kappa shape index (κ3) is 4.13. The van der Waals surface area contributed by atoms with Gasteiger partial charge >= 0.3 is 0 Å². The van der Waals surface area contributed by atoms with Gasteiger partial charge < -0.3 is 5.32 Å². The predicted molar refractivity (Wildman–Crippen MR) is 78.7 cm³/mol. The lowest BCUT2D eigenvalue weighted by Gasteiger charge is -2.23. The van der Waals surface area contributed by atoms with Gasteiger partial charge in [-0.25, -0.2) is 0 Å². The largest absolute Gasteiger partial charge is 0.310 e. The van der Waals surface area contributed by atoms with Gasteiger partial charge in [0, 0.05) is 12.6 Å². The van der Waals surface area contributed by atoms with Crippen LogP contribution < -0.4 is 5.32 Å². The van der Waals surface area contributed by atoms with E-state index in [9.17, 15) is 0 Å². The fraction of sp³-hybridized carbons (Fsp3) is 0.647. The fourth-order valence-electron chi connectivity index (χ4n) is 2.96. The van der Waals surface area contributed by atoms with E-state index in [1.807, 2.05) is 0 Å². The molecule has 1 atom stereocenters. The van der Waals surface area contributed by atoms with E-state index >= 15 is 0 Å². The molecular weight excluding hydrogens is 218 g/mol. The maximum Gasteiger partial charge on any atom is 0.0208 e. The summed E-state index contributed by atoms with van der Waals surface area (Å²) in [6.07, 6.45) is 8.59. The van der Waals surface area contributed by atoms with Gasteiger partial charge in [-0.05, 0) is 38.2 Å². The van der Waals surface area contributed by atoms with E-state index in [1.165, 1.54) is 49.7 Å². The first-order chi connectivity index (χ1) is 8.75. The number of hydrogen-bond acceptors (Lipinski definition) is 1. The summed E-state index contributed by atoms with van der Waals surface area (Å²) in [4.78, 5) is 0. The lowest BCUT2D eigenvalue weighted by atomic mass is 9.93. The standard InChI is InChI=1S/C17H27N/c1-14-9-11-16(12-10-14)13-18-15(2)17-7-5-3-4-6-8-17/h9-12,15,17-18H,3-8,13H2,1-2H3/t15-/m0/s1. The van der Waals surface area contributed by atoms with Gasteiger partial charge in [0.1, 0.15) is 0 Å². The molecule has 1 aliphatic carbocycles. The summed E-state index contributed by atoms with van der Waals surface area (Å²) in [6.45, 7) is 5.52. The van der Waals surface area contributed by atoms with Crippen molar-refractivity contribution in [1.29, 1.82) is 0 Å². The molecule has 0 aromatic heterocycles. The molecule has 1 nitrogen and oxygen atoms in total. The summed E-state index contributed by atoms with van der Waals surface area (Å²) in [6, 6.07) is 9.54. The van der Waals surface area contributed by atoms with Crippen molar-refractivity contribution < 1.29 is 0 Å². The summed E-state index contributed by atoms with van der Waals surface area (Å²) < 4.78 is 0. The molecule has 0 unspecified atom stereocenters. The average molecular weight is 245 g/mol. The van der Waals surface area contributed by atoms with Crippen LogP contribution >= 0.6 is 0 Å². The molecule has 1 fully saturated rings. The molecule has 1 N–H and O–H groups in total. The lowest BCUT2D eigenvalue weighted by Crippen LogP contribution is -2.32. The predicted octanol–water partition coefficient (Wildman–Crippen LogP) is 4.44. The Morgan fingerprint density at radius 1 is 1.06 bits per heavy atom. The molecule has 1 aromatic rings. The van der Waals surface area contributed by atoms with Gasteiger partial charge in [-0.1, -0.05) is 55.5 Å². The van der Waals surface area contributed by atoms with Crippen LogP contribution in [0.15, 0.2) is 24.3 Å². The van der Waals surface area contributed by atoms with Crippen molar-refractivity contribution in [2.75, 3.05) is 0 Å². The molecule has 0 radical (unpaired) electrons. The second-order valence-electron chi connectivity index (χ2n) is 5.91. The SMILES string of the molecule is Cc1ccc(CN[C@@H](C)C2CCCCCC2)cc1. The molecule has 1 aliphatic rings. The maximum atomic E-state index is 3.72. The highest BCUT2D eigenvalue weighted by Gasteiger charge is 2.18. The summed E-state index contributed by atoms with van der Waals surface area (Å²) in [5.74, 6) is 0.887. The van der Waals surface area contributed by atoms with Crippen LogP contribution in [0.2, 0.25) is 0 Å². The second-order valence-corrected chi connectivity index (χ2v) is 5.91. The highest BCUT2D eigenvalue weighted by atomic mass is 14.9. The third-order valence-electron chi connectivity index (χ3n) is 4.36. The third-order valence-corrected chi connectivity index (χ3v) is 4.36. The Morgan fingerprint density at radius 2 is 1.67 bits per heavy atom. The van der Waals surface area contributed by atoms with Crippen molar-refractivity contribution in [2.24, 2.45) is 5.92 Å². The van der Waals surface area contributed by atoms with Crippen LogP contribution in [0.1, 0.15) is 56.6 Å². The van der Waals surface area contributed by atoms with E-state index in [-0.39, 0.29) is 0 Å². The highest BCUT2D eigenvalue weighted by molar-refractivity contribution is 5.21. The quantitative estimate of drug-likeness (QED) is 0.773. The average Bonchev–Trinajstić information content (AvgIpc) is 2.66. The molecule has 1 heteroatoms. The van der Waals surface area contributed by atoms with Crippen LogP contribution in [-0.4, -0.2) is 6.04 Å². The van der Waals surface area contributed by atoms with Crippen molar-refractivity contribution in [2.45, 2.75) is 65.0 Å². The van der Waals surface area contributed by atoms with E-state index in [4.69, 9.17) is 0 Å². The van der Waals surface area contributed by atoms with Gasteiger partial charge in [0.2, 0.25) is 0 Å². The van der Waals surface area contributed by atoms with Gasteiger partial charge in [-0.3, -0.25) is 0 Å². The first-order valence-electron chi connectivity index (χ1n) is 7.54. The Bertz CT molecular complexity index is 333. The molecule has 100 valence electrons. The molecule has 2 rings (SSSR count). The van der Waals surface area contributed by atoms with E-state index in [1.54, 1.807) is 0 Å². The summed E-state index contributed by atoms with van der Waals surface area (Å²) in [5.41, 5.74) is 2.75. The normalized spacial score (nSPS) is 19.4. The van der Waals surface area contributed by atoms with Gasteiger partial charge in [0.25, 0.3) is 0 Å². The van der Waals surface area contributed by atoms with Crippen molar-refractivity contribution in [3.8, 4) is 0 Å². The zero-order chi connectivity index (χ0) is 12.8. The van der Waals surface area contributed by atoms with Gasteiger partial charge in [0.15, 0.2) is 0 Å². The molecule has 0 bridgehead atoms. The van der Waals surface area contributed by atoms with Gasteiger partial charge in [-0.2, -0.15) is 0 Å². The number of benzene rings is 1. The molecule has 0 amide bonds. The van der Waals surface area contributed by atoms with Crippen LogP contribution in [0.3, 0.4) is 0 Å². The molecule has 0 spiro atoms. The Balaban J connectivity index is 1.79. The van der Waals surface area contributed by atoms with E-state index < -0.39 is 0 Å². The van der Waals surface area contributed by atoms with Crippen molar-refractivity contribution in [1.82, 2.24) is 5.32 Å². The fourth-order valence-corrected chi connectivity index (χ4v) is 2.96. The lowest BCUT2D eigenvalue weighted by molar-refractivity contribution is 0.336. The maximum absolute atomic E-state index is 3.72. The van der Waals surface area contributed by atoms with E-state index in [0.29, 0.717) is 6.04 Å². The van der Waals surface area contributed by atoms with Crippen molar-refractivity contribution in [3.63, 3.8) is 0 Å². The van der Waals surface area contributed by atoms with Crippen LogP contribution in [-0.2, 0) is 6.54 Å². The Hall–Kier alpha value is -0.820. The molecule has 0 saturated heterocycles. The molecule has 18 heavy (non-hydrogen) atoms. The minimum absolute atomic E-state index is 0.657. The zero-order valence-corrected chi connectivity index (χ0v) is 11.9. The zero-order valence-electron chi connectivity index (χ0n) is 11.9. The number of nitrogens with one attached hydrogen (secondary N) is 1. The summed E-state index contributed by atoms with van der Waals surface area (Å²) in [7, 11) is 0. The topological polar surface area (TPSA) is 12.0 Å². The summed E-state index contributed by atoms with van der Waals surface area (Å²) >= 11 is 0. The molecule has 0 aliphatic heterocycles. The number of hydrogen-bond donors (Lipinski definition) is 1. The monoisotopic (exact) mass is 245 g/mol. The smallest absolute Gasteiger partial charge is 0.0208 e.